The molecule has 0 saturated heterocycles. The van der Waals surface area contributed by atoms with Crippen molar-refractivity contribution in [3.05, 3.63) is 18.5 Å². The van der Waals surface area contributed by atoms with E-state index in [9.17, 15) is 0 Å². The summed E-state index contributed by atoms with van der Waals surface area (Å²) in [6.07, 6.45) is 3.71. The second-order valence-corrected chi connectivity index (χ2v) is 3.39. The Morgan fingerprint density at radius 1 is 1.41 bits per heavy atom. The molecule has 0 aromatic carbocycles. The van der Waals surface area contributed by atoms with E-state index >= 15 is 0 Å². The van der Waals surface area contributed by atoms with Crippen molar-refractivity contribution in [2.24, 2.45) is 4.99 Å². The Labute approximate surface area is 102 Å². The minimum Gasteiger partial charge on any atom is -0.380 e. The molecule has 0 bridgehead atoms. The van der Waals surface area contributed by atoms with Crippen LogP contribution < -0.4 is 10.6 Å². The lowest BCUT2D eigenvalue weighted by Crippen LogP contribution is -2.40. The summed E-state index contributed by atoms with van der Waals surface area (Å²) < 4.78 is 7.11. The number of rotatable bonds is 7. The first kappa shape index (κ1) is 13.5. The topological polar surface area (TPSA) is 63.5 Å². The van der Waals surface area contributed by atoms with Crippen molar-refractivity contribution in [2.75, 3.05) is 33.4 Å². The molecule has 0 fully saturated rings. The summed E-state index contributed by atoms with van der Waals surface area (Å²) in [7, 11) is 1.75. The molecule has 0 aliphatic heterocycles. The van der Waals surface area contributed by atoms with Gasteiger partial charge in [0.05, 0.1) is 13.2 Å². The fourth-order valence-corrected chi connectivity index (χ4v) is 1.33. The molecule has 0 radical (unpaired) electrons. The Kier molecular flexibility index (Phi) is 6.81. The Bertz CT molecular complexity index is 310. The summed E-state index contributed by atoms with van der Waals surface area (Å²) in [5, 5.41) is 10.5. The largest absolute Gasteiger partial charge is 0.380 e. The summed E-state index contributed by atoms with van der Waals surface area (Å²) in [4.78, 5) is 4.11. The van der Waals surface area contributed by atoms with Gasteiger partial charge in [0.15, 0.2) is 5.96 Å². The highest BCUT2D eigenvalue weighted by atomic mass is 16.5. The van der Waals surface area contributed by atoms with Crippen LogP contribution >= 0.6 is 0 Å². The van der Waals surface area contributed by atoms with Crippen molar-refractivity contribution in [3.8, 4) is 0 Å². The van der Waals surface area contributed by atoms with Crippen LogP contribution in [0.15, 0.2) is 23.5 Å². The highest BCUT2D eigenvalue weighted by molar-refractivity contribution is 5.79. The lowest BCUT2D eigenvalue weighted by molar-refractivity contribution is 0.152. The van der Waals surface area contributed by atoms with E-state index in [1.807, 2.05) is 23.9 Å². The van der Waals surface area contributed by atoms with Gasteiger partial charge in [0.25, 0.3) is 0 Å². The SMILES string of the molecule is CCOCCNC(=NC)NCCn1cccn1. The lowest BCUT2D eigenvalue weighted by Gasteiger charge is -2.11. The quantitative estimate of drug-likeness (QED) is 0.402. The van der Waals surface area contributed by atoms with E-state index in [0.29, 0.717) is 6.61 Å². The molecular weight excluding hydrogens is 218 g/mol. The highest BCUT2D eigenvalue weighted by Crippen LogP contribution is 1.82. The van der Waals surface area contributed by atoms with Crippen LogP contribution in [0.5, 0.6) is 0 Å². The maximum Gasteiger partial charge on any atom is 0.191 e. The van der Waals surface area contributed by atoms with E-state index in [-0.39, 0.29) is 0 Å². The molecule has 0 saturated carbocycles. The smallest absolute Gasteiger partial charge is 0.191 e. The number of nitrogens with zero attached hydrogens (tertiary/aromatic N) is 3. The third-order valence-electron chi connectivity index (χ3n) is 2.16. The Morgan fingerprint density at radius 2 is 2.24 bits per heavy atom. The molecule has 0 unspecified atom stereocenters. The average Bonchev–Trinajstić information content (AvgIpc) is 2.85. The van der Waals surface area contributed by atoms with Crippen LogP contribution in [0.4, 0.5) is 0 Å². The standard InChI is InChI=1S/C11H21N5O/c1-3-17-10-7-14-11(12-2)13-6-9-16-8-4-5-15-16/h4-5,8H,3,6-7,9-10H2,1-2H3,(H2,12,13,14). The molecule has 1 aromatic heterocycles. The normalized spacial score (nSPS) is 11.5. The summed E-state index contributed by atoms with van der Waals surface area (Å²) in [6, 6.07) is 1.91. The molecule has 6 heteroatoms. The predicted molar refractivity (Wildman–Crippen MR) is 68.1 cm³/mol. The van der Waals surface area contributed by atoms with Crippen molar-refractivity contribution in [1.29, 1.82) is 0 Å². The number of nitrogens with one attached hydrogen (secondary N) is 2. The molecule has 0 aliphatic rings. The second kappa shape index (κ2) is 8.58. The maximum absolute atomic E-state index is 5.23. The third kappa shape index (κ3) is 5.91. The molecule has 17 heavy (non-hydrogen) atoms. The van der Waals surface area contributed by atoms with Crippen LogP contribution in [-0.4, -0.2) is 49.1 Å². The van der Waals surface area contributed by atoms with Gasteiger partial charge in [-0.3, -0.25) is 9.67 Å². The van der Waals surface area contributed by atoms with Gasteiger partial charge < -0.3 is 15.4 Å². The summed E-state index contributed by atoms with van der Waals surface area (Å²) in [5.41, 5.74) is 0. The van der Waals surface area contributed by atoms with Crippen molar-refractivity contribution < 1.29 is 4.74 Å². The van der Waals surface area contributed by atoms with Gasteiger partial charge in [-0.05, 0) is 13.0 Å². The predicted octanol–water partition coefficient (Wildman–Crippen LogP) is 0.0846. The van der Waals surface area contributed by atoms with E-state index in [1.165, 1.54) is 0 Å². The Morgan fingerprint density at radius 3 is 2.88 bits per heavy atom. The van der Waals surface area contributed by atoms with Gasteiger partial charge in [-0.25, -0.2) is 0 Å². The van der Waals surface area contributed by atoms with Crippen molar-refractivity contribution >= 4 is 5.96 Å². The average molecular weight is 239 g/mol. The van der Waals surface area contributed by atoms with Crippen molar-refractivity contribution in [1.82, 2.24) is 20.4 Å². The lowest BCUT2D eigenvalue weighted by atomic mass is 10.6. The molecule has 0 spiro atoms. The molecule has 1 rings (SSSR count). The first-order valence-electron chi connectivity index (χ1n) is 5.86. The number of ether oxygens (including phenoxy) is 1. The number of aromatic nitrogens is 2. The van der Waals surface area contributed by atoms with Crippen LogP contribution in [0.3, 0.4) is 0 Å². The summed E-state index contributed by atoms with van der Waals surface area (Å²) in [5.74, 6) is 0.789. The molecular formula is C11H21N5O. The molecule has 0 amide bonds. The number of guanidine groups is 1. The first-order chi connectivity index (χ1) is 8.36. The van der Waals surface area contributed by atoms with Crippen LogP contribution in [0, 0.1) is 0 Å². The molecule has 0 atom stereocenters. The van der Waals surface area contributed by atoms with Crippen LogP contribution in [-0.2, 0) is 11.3 Å². The van der Waals surface area contributed by atoms with E-state index in [1.54, 1.807) is 13.2 Å². The van der Waals surface area contributed by atoms with Gasteiger partial charge in [0.2, 0.25) is 0 Å². The maximum atomic E-state index is 5.23. The summed E-state index contributed by atoms with van der Waals surface area (Å²) >= 11 is 0. The zero-order chi connectivity index (χ0) is 12.3. The van der Waals surface area contributed by atoms with Gasteiger partial charge >= 0.3 is 0 Å². The highest BCUT2D eigenvalue weighted by Gasteiger charge is 1.96. The third-order valence-corrected chi connectivity index (χ3v) is 2.16. The fraction of sp³-hybridized carbons (Fsp3) is 0.636. The molecule has 0 aliphatic carbocycles. The molecule has 1 heterocycles. The molecule has 6 nitrogen and oxygen atoms in total. The van der Waals surface area contributed by atoms with Gasteiger partial charge in [0.1, 0.15) is 0 Å². The van der Waals surface area contributed by atoms with Crippen molar-refractivity contribution in [2.45, 2.75) is 13.5 Å². The molecule has 96 valence electrons. The Hall–Kier alpha value is -1.56. The molecule has 2 N–H and O–H groups in total. The fourth-order valence-electron chi connectivity index (χ4n) is 1.33. The van der Waals surface area contributed by atoms with E-state index in [0.717, 1.165) is 32.2 Å². The zero-order valence-electron chi connectivity index (χ0n) is 10.5. The second-order valence-electron chi connectivity index (χ2n) is 3.39. The Balaban J connectivity index is 2.10. The monoisotopic (exact) mass is 239 g/mol. The van der Waals surface area contributed by atoms with E-state index in [2.05, 4.69) is 20.7 Å². The van der Waals surface area contributed by atoms with Gasteiger partial charge in [-0.15, -0.1) is 0 Å². The van der Waals surface area contributed by atoms with Crippen LogP contribution in [0.1, 0.15) is 6.92 Å². The van der Waals surface area contributed by atoms with Gasteiger partial charge in [-0.2, -0.15) is 5.10 Å². The zero-order valence-corrected chi connectivity index (χ0v) is 10.5. The van der Waals surface area contributed by atoms with Crippen LogP contribution in [0.25, 0.3) is 0 Å². The first-order valence-corrected chi connectivity index (χ1v) is 5.86. The summed E-state index contributed by atoms with van der Waals surface area (Å²) in [6.45, 7) is 5.78. The van der Waals surface area contributed by atoms with Gasteiger partial charge in [-0.1, -0.05) is 0 Å². The van der Waals surface area contributed by atoms with Gasteiger partial charge in [0, 0.05) is 39.1 Å². The van der Waals surface area contributed by atoms with Crippen molar-refractivity contribution in [3.63, 3.8) is 0 Å². The number of aliphatic imine (C=N–C) groups is 1. The molecule has 1 aromatic rings. The number of hydrogen-bond acceptors (Lipinski definition) is 3. The number of hydrogen-bond donors (Lipinski definition) is 2. The van der Waals surface area contributed by atoms with E-state index in [4.69, 9.17) is 4.74 Å². The minimum absolute atomic E-state index is 0.691. The van der Waals surface area contributed by atoms with E-state index < -0.39 is 0 Å². The minimum atomic E-state index is 0.691. The van der Waals surface area contributed by atoms with Crippen LogP contribution in [0.2, 0.25) is 0 Å².